The highest BCUT2D eigenvalue weighted by Crippen LogP contribution is 2.36. The average molecular weight is 308 g/mol. The van der Waals surface area contributed by atoms with Gasteiger partial charge in [-0.15, -0.1) is 0 Å². The van der Waals surface area contributed by atoms with Gasteiger partial charge in [-0.1, -0.05) is 11.6 Å². The predicted octanol–water partition coefficient (Wildman–Crippen LogP) is 3.98. The third kappa shape index (κ3) is 3.52. The van der Waals surface area contributed by atoms with Crippen molar-refractivity contribution in [2.75, 3.05) is 19.5 Å². The van der Waals surface area contributed by atoms with Crippen LogP contribution in [0.3, 0.4) is 0 Å². The first-order chi connectivity index (χ1) is 10.0. The Morgan fingerprint density at radius 1 is 1.14 bits per heavy atom. The number of hydrogen-bond acceptors (Lipinski definition) is 4. The molecule has 0 saturated carbocycles. The minimum Gasteiger partial charge on any atom is -0.508 e. The van der Waals surface area contributed by atoms with Crippen LogP contribution in [0.4, 0.5) is 5.69 Å². The van der Waals surface area contributed by atoms with Gasteiger partial charge in [0, 0.05) is 12.2 Å². The highest BCUT2D eigenvalue weighted by Gasteiger charge is 2.11. The Bertz CT molecular complexity index is 644. The maximum absolute atomic E-state index is 9.41. The van der Waals surface area contributed by atoms with Crippen molar-refractivity contribution >= 4 is 17.3 Å². The van der Waals surface area contributed by atoms with E-state index in [1.165, 1.54) is 0 Å². The molecule has 2 aromatic rings. The monoisotopic (exact) mass is 307 g/mol. The maximum Gasteiger partial charge on any atom is 0.179 e. The van der Waals surface area contributed by atoms with Gasteiger partial charge in [0.1, 0.15) is 5.75 Å². The van der Waals surface area contributed by atoms with Crippen LogP contribution in [0.1, 0.15) is 11.1 Å². The molecule has 0 fully saturated rings. The van der Waals surface area contributed by atoms with Crippen LogP contribution in [0.25, 0.3) is 0 Å². The first-order valence-corrected chi connectivity index (χ1v) is 6.87. The molecule has 0 amide bonds. The normalized spacial score (nSPS) is 10.3. The topological polar surface area (TPSA) is 50.7 Å². The molecule has 21 heavy (non-hydrogen) atoms. The summed E-state index contributed by atoms with van der Waals surface area (Å²) in [4.78, 5) is 0. The van der Waals surface area contributed by atoms with Crippen LogP contribution in [0.2, 0.25) is 5.02 Å². The van der Waals surface area contributed by atoms with Gasteiger partial charge >= 0.3 is 0 Å². The van der Waals surface area contributed by atoms with Gasteiger partial charge in [-0.3, -0.25) is 0 Å². The van der Waals surface area contributed by atoms with Crippen molar-refractivity contribution in [2.45, 2.75) is 13.5 Å². The largest absolute Gasteiger partial charge is 0.508 e. The van der Waals surface area contributed by atoms with Gasteiger partial charge in [0.05, 0.1) is 19.2 Å². The quantitative estimate of drug-likeness (QED) is 0.820. The summed E-state index contributed by atoms with van der Waals surface area (Å²) < 4.78 is 10.5. The molecule has 0 aliphatic carbocycles. The van der Waals surface area contributed by atoms with E-state index >= 15 is 0 Å². The third-order valence-electron chi connectivity index (χ3n) is 3.19. The zero-order valence-electron chi connectivity index (χ0n) is 12.2. The van der Waals surface area contributed by atoms with Crippen molar-refractivity contribution in [2.24, 2.45) is 0 Å². The third-order valence-corrected chi connectivity index (χ3v) is 3.47. The summed E-state index contributed by atoms with van der Waals surface area (Å²) in [5.74, 6) is 1.39. The Hall–Kier alpha value is -2.07. The summed E-state index contributed by atoms with van der Waals surface area (Å²) in [5.41, 5.74) is 2.91. The fraction of sp³-hybridized carbons (Fsp3) is 0.250. The first kappa shape index (κ1) is 15.3. The van der Waals surface area contributed by atoms with Gasteiger partial charge in [-0.05, 0) is 48.4 Å². The van der Waals surface area contributed by atoms with Crippen LogP contribution in [0.5, 0.6) is 17.2 Å². The lowest BCUT2D eigenvalue weighted by molar-refractivity contribution is 0.355. The Morgan fingerprint density at radius 3 is 2.52 bits per heavy atom. The van der Waals surface area contributed by atoms with Crippen molar-refractivity contribution in [3.63, 3.8) is 0 Å². The molecule has 0 bridgehead atoms. The van der Waals surface area contributed by atoms with Crippen molar-refractivity contribution in [1.82, 2.24) is 0 Å². The summed E-state index contributed by atoms with van der Waals surface area (Å²) in [6, 6.07) is 8.92. The van der Waals surface area contributed by atoms with Crippen LogP contribution in [0, 0.1) is 6.92 Å². The molecule has 0 radical (unpaired) electrons. The molecule has 2 aromatic carbocycles. The van der Waals surface area contributed by atoms with Crippen LogP contribution in [0.15, 0.2) is 30.3 Å². The number of hydrogen-bond donors (Lipinski definition) is 2. The van der Waals surface area contributed by atoms with Crippen LogP contribution >= 0.6 is 11.6 Å². The number of phenolic OH excluding ortho intramolecular Hbond substituents is 1. The van der Waals surface area contributed by atoms with Gasteiger partial charge < -0.3 is 19.9 Å². The van der Waals surface area contributed by atoms with Crippen molar-refractivity contribution in [1.29, 1.82) is 0 Å². The minimum absolute atomic E-state index is 0.257. The molecule has 0 saturated heterocycles. The van der Waals surface area contributed by atoms with Gasteiger partial charge in [-0.25, -0.2) is 0 Å². The number of nitrogens with one attached hydrogen (secondary N) is 1. The number of aromatic hydroxyl groups is 1. The standard InChI is InChI=1S/C16H18ClNO3/c1-10-6-12(19)4-5-14(10)18-9-11-7-13(17)16(21-3)15(8-11)20-2/h4-8,18-19H,9H2,1-3H3. The number of halogens is 1. The molecule has 0 aliphatic rings. The van der Waals surface area contributed by atoms with Crippen LogP contribution < -0.4 is 14.8 Å². The summed E-state index contributed by atoms with van der Waals surface area (Å²) in [7, 11) is 3.14. The molecule has 112 valence electrons. The average Bonchev–Trinajstić information content (AvgIpc) is 2.45. The predicted molar refractivity (Wildman–Crippen MR) is 84.7 cm³/mol. The number of benzene rings is 2. The Kier molecular flexibility index (Phi) is 4.81. The Balaban J connectivity index is 2.18. The first-order valence-electron chi connectivity index (χ1n) is 6.49. The van der Waals surface area contributed by atoms with Crippen LogP contribution in [-0.4, -0.2) is 19.3 Å². The number of ether oxygens (including phenoxy) is 2. The van der Waals surface area contributed by atoms with E-state index < -0.39 is 0 Å². The molecule has 0 heterocycles. The fourth-order valence-corrected chi connectivity index (χ4v) is 2.43. The number of methoxy groups -OCH3 is 2. The molecule has 4 nitrogen and oxygen atoms in total. The van der Waals surface area contributed by atoms with E-state index in [1.807, 2.05) is 25.1 Å². The van der Waals surface area contributed by atoms with E-state index in [0.717, 1.165) is 16.8 Å². The smallest absolute Gasteiger partial charge is 0.179 e. The molecule has 0 aromatic heterocycles. The van der Waals surface area contributed by atoms with E-state index in [1.54, 1.807) is 26.4 Å². The molecule has 2 N–H and O–H groups in total. The van der Waals surface area contributed by atoms with E-state index in [0.29, 0.717) is 23.1 Å². The summed E-state index contributed by atoms with van der Waals surface area (Å²) in [6.07, 6.45) is 0. The number of anilines is 1. The minimum atomic E-state index is 0.257. The zero-order chi connectivity index (χ0) is 15.4. The molecule has 5 heteroatoms. The molecular formula is C16H18ClNO3. The van der Waals surface area contributed by atoms with Gasteiger partial charge in [-0.2, -0.15) is 0 Å². The second-order valence-electron chi connectivity index (χ2n) is 4.67. The van der Waals surface area contributed by atoms with Gasteiger partial charge in [0.25, 0.3) is 0 Å². The van der Waals surface area contributed by atoms with E-state index in [4.69, 9.17) is 21.1 Å². The zero-order valence-corrected chi connectivity index (χ0v) is 13.0. The molecule has 2 rings (SSSR count). The van der Waals surface area contributed by atoms with Crippen LogP contribution in [-0.2, 0) is 6.54 Å². The second-order valence-corrected chi connectivity index (χ2v) is 5.07. The molecular weight excluding hydrogens is 290 g/mol. The maximum atomic E-state index is 9.41. The molecule has 0 aliphatic heterocycles. The van der Waals surface area contributed by atoms with E-state index in [9.17, 15) is 5.11 Å². The number of rotatable bonds is 5. The van der Waals surface area contributed by atoms with E-state index in [-0.39, 0.29) is 5.75 Å². The Morgan fingerprint density at radius 2 is 1.90 bits per heavy atom. The van der Waals surface area contributed by atoms with Gasteiger partial charge in [0.2, 0.25) is 0 Å². The highest BCUT2D eigenvalue weighted by molar-refractivity contribution is 6.32. The lowest BCUT2D eigenvalue weighted by atomic mass is 10.1. The molecule has 0 atom stereocenters. The SMILES string of the molecule is COc1cc(CNc2ccc(O)cc2C)cc(Cl)c1OC. The summed E-state index contributed by atoms with van der Waals surface area (Å²) in [6.45, 7) is 2.52. The van der Waals surface area contributed by atoms with E-state index in [2.05, 4.69) is 5.32 Å². The number of phenols is 1. The second kappa shape index (κ2) is 6.59. The van der Waals surface area contributed by atoms with Gasteiger partial charge in [0.15, 0.2) is 11.5 Å². The fourth-order valence-electron chi connectivity index (χ4n) is 2.12. The van der Waals surface area contributed by atoms with Crippen molar-refractivity contribution in [3.8, 4) is 17.2 Å². The molecule has 0 spiro atoms. The summed E-state index contributed by atoms with van der Waals surface area (Å²) >= 11 is 6.18. The highest BCUT2D eigenvalue weighted by atomic mass is 35.5. The van der Waals surface area contributed by atoms with Crippen molar-refractivity contribution < 1.29 is 14.6 Å². The summed E-state index contributed by atoms with van der Waals surface area (Å²) in [5, 5.41) is 13.2. The lowest BCUT2D eigenvalue weighted by Crippen LogP contribution is -2.02. The van der Waals surface area contributed by atoms with Crippen molar-refractivity contribution in [3.05, 3.63) is 46.5 Å². The Labute approximate surface area is 129 Å². The number of aryl methyl sites for hydroxylation is 1. The molecule has 0 unspecified atom stereocenters. The lowest BCUT2D eigenvalue weighted by Gasteiger charge is -2.14.